The maximum atomic E-state index is 13.0. The molecule has 0 unspecified atom stereocenters. The number of carbonyl (C=O) groups excluding carboxylic acids is 1. The Bertz CT molecular complexity index is 1060. The lowest BCUT2D eigenvalue weighted by Crippen LogP contribution is -2.36. The molecule has 1 saturated heterocycles. The Morgan fingerprint density at radius 3 is 2.63 bits per heavy atom. The molecule has 158 valence electrons. The van der Waals surface area contributed by atoms with Crippen LogP contribution in [0.3, 0.4) is 0 Å². The third-order valence-electron chi connectivity index (χ3n) is 5.18. The fraction of sp³-hybridized carbons (Fsp3) is 0.318. The minimum Gasteiger partial charge on any atom is -0.454 e. The fourth-order valence-corrected chi connectivity index (χ4v) is 5.32. The number of hydrogen-bond donors (Lipinski definition) is 1. The lowest BCUT2D eigenvalue weighted by atomic mass is 10.2. The molecule has 0 atom stereocenters. The Morgan fingerprint density at radius 1 is 1.03 bits per heavy atom. The molecule has 0 aromatic heterocycles. The van der Waals surface area contributed by atoms with Crippen molar-refractivity contribution in [2.45, 2.75) is 30.7 Å². The van der Waals surface area contributed by atoms with Gasteiger partial charge in [0.2, 0.25) is 22.7 Å². The molecule has 1 fully saturated rings. The van der Waals surface area contributed by atoms with Gasteiger partial charge in [-0.3, -0.25) is 4.79 Å². The van der Waals surface area contributed by atoms with Gasteiger partial charge in [-0.05, 0) is 48.2 Å². The topological polar surface area (TPSA) is 84.9 Å². The van der Waals surface area contributed by atoms with Crippen molar-refractivity contribution in [3.63, 3.8) is 0 Å². The minimum absolute atomic E-state index is 0.132. The fourth-order valence-electron chi connectivity index (χ4n) is 3.58. The molecule has 30 heavy (non-hydrogen) atoms. The van der Waals surface area contributed by atoms with Crippen LogP contribution in [0.1, 0.15) is 30.4 Å². The van der Waals surface area contributed by atoms with Crippen molar-refractivity contribution in [1.82, 2.24) is 9.62 Å². The van der Waals surface area contributed by atoms with Crippen LogP contribution in [0.25, 0.3) is 6.08 Å². The van der Waals surface area contributed by atoms with Crippen LogP contribution in [0.5, 0.6) is 11.5 Å². The number of nitrogens with zero attached hydrogens (tertiary/aromatic N) is 1. The van der Waals surface area contributed by atoms with Crippen LogP contribution in [-0.2, 0) is 21.4 Å². The van der Waals surface area contributed by atoms with Crippen molar-refractivity contribution >= 4 is 22.0 Å². The number of sulfonamides is 1. The average molecular weight is 429 g/mol. The monoisotopic (exact) mass is 428 g/mol. The standard InChI is InChI=1S/C22H24N2O5S/c25-22(11-9-17-8-10-19-20(14-17)29-16-28-19)23-15-18-6-2-3-7-21(18)30(26,27)24-12-4-1-5-13-24/h2-3,6-11,14H,1,4-5,12-13,15-16H2,(H,23,25). The van der Waals surface area contributed by atoms with E-state index in [4.69, 9.17) is 9.47 Å². The lowest BCUT2D eigenvalue weighted by molar-refractivity contribution is -0.116. The number of carbonyl (C=O) groups is 1. The number of fused-ring (bicyclic) bond motifs is 1. The molecule has 0 radical (unpaired) electrons. The van der Waals surface area contributed by atoms with Crippen molar-refractivity contribution in [3.05, 3.63) is 59.7 Å². The zero-order chi connectivity index (χ0) is 21.0. The van der Waals surface area contributed by atoms with E-state index in [1.54, 1.807) is 42.5 Å². The second-order valence-corrected chi connectivity index (χ2v) is 9.14. The van der Waals surface area contributed by atoms with Gasteiger partial charge in [-0.2, -0.15) is 4.31 Å². The van der Waals surface area contributed by atoms with E-state index in [2.05, 4.69) is 5.32 Å². The lowest BCUT2D eigenvalue weighted by Gasteiger charge is -2.26. The highest BCUT2D eigenvalue weighted by Gasteiger charge is 2.27. The van der Waals surface area contributed by atoms with E-state index in [0.29, 0.717) is 30.2 Å². The Labute approximate surface area is 176 Å². The van der Waals surface area contributed by atoms with Crippen LogP contribution >= 0.6 is 0 Å². The Hall–Kier alpha value is -2.84. The smallest absolute Gasteiger partial charge is 0.244 e. The highest BCUT2D eigenvalue weighted by molar-refractivity contribution is 7.89. The van der Waals surface area contributed by atoms with Gasteiger partial charge in [0.25, 0.3) is 0 Å². The molecule has 0 bridgehead atoms. The Kier molecular flexibility index (Phi) is 6.06. The molecule has 1 amide bonds. The van der Waals surface area contributed by atoms with Gasteiger partial charge in [0.1, 0.15) is 0 Å². The van der Waals surface area contributed by atoms with Crippen LogP contribution in [0.4, 0.5) is 0 Å². The van der Waals surface area contributed by atoms with Gasteiger partial charge < -0.3 is 14.8 Å². The summed E-state index contributed by atoms with van der Waals surface area (Å²) in [6.07, 6.45) is 5.90. The molecule has 8 heteroatoms. The van der Waals surface area contributed by atoms with Crippen LogP contribution < -0.4 is 14.8 Å². The number of hydrogen-bond acceptors (Lipinski definition) is 5. The first-order valence-electron chi connectivity index (χ1n) is 9.98. The van der Waals surface area contributed by atoms with Crippen LogP contribution in [0, 0.1) is 0 Å². The summed E-state index contributed by atoms with van der Waals surface area (Å²) in [4.78, 5) is 12.5. The Balaban J connectivity index is 1.42. The average Bonchev–Trinajstić information content (AvgIpc) is 3.25. The summed E-state index contributed by atoms with van der Waals surface area (Å²) in [5.41, 5.74) is 1.38. The molecular formula is C22H24N2O5S. The third kappa shape index (κ3) is 4.49. The van der Waals surface area contributed by atoms with E-state index in [0.717, 1.165) is 24.8 Å². The first-order chi connectivity index (χ1) is 14.5. The van der Waals surface area contributed by atoms with Crippen molar-refractivity contribution in [1.29, 1.82) is 0 Å². The molecule has 1 N–H and O–H groups in total. The van der Waals surface area contributed by atoms with Gasteiger partial charge in [0.05, 0.1) is 4.90 Å². The number of nitrogens with one attached hydrogen (secondary N) is 1. The first kappa shape index (κ1) is 20.4. The van der Waals surface area contributed by atoms with E-state index in [-0.39, 0.29) is 24.1 Å². The van der Waals surface area contributed by atoms with E-state index >= 15 is 0 Å². The van der Waals surface area contributed by atoms with E-state index < -0.39 is 10.0 Å². The number of amides is 1. The van der Waals surface area contributed by atoms with Crippen molar-refractivity contribution in [2.75, 3.05) is 19.9 Å². The summed E-state index contributed by atoms with van der Waals surface area (Å²) in [6.45, 7) is 1.42. The summed E-state index contributed by atoms with van der Waals surface area (Å²) >= 11 is 0. The zero-order valence-corrected chi connectivity index (χ0v) is 17.4. The molecule has 0 saturated carbocycles. The molecule has 7 nitrogen and oxygen atoms in total. The molecule has 2 aromatic carbocycles. The quantitative estimate of drug-likeness (QED) is 0.715. The molecule has 0 spiro atoms. The second kappa shape index (κ2) is 8.89. The zero-order valence-electron chi connectivity index (χ0n) is 16.5. The van der Waals surface area contributed by atoms with Crippen molar-refractivity contribution in [2.24, 2.45) is 0 Å². The molecule has 2 aromatic rings. The first-order valence-corrected chi connectivity index (χ1v) is 11.4. The summed E-state index contributed by atoms with van der Waals surface area (Å²) < 4.78 is 38.2. The van der Waals surface area contributed by atoms with Gasteiger partial charge in [-0.25, -0.2) is 8.42 Å². The summed E-state index contributed by atoms with van der Waals surface area (Å²) in [7, 11) is -3.56. The maximum absolute atomic E-state index is 13.0. The van der Waals surface area contributed by atoms with Gasteiger partial charge in [-0.1, -0.05) is 30.7 Å². The number of ether oxygens (including phenoxy) is 2. The van der Waals surface area contributed by atoms with E-state index in [1.807, 2.05) is 6.07 Å². The summed E-state index contributed by atoms with van der Waals surface area (Å²) in [5.74, 6) is 1.02. The molecule has 2 aliphatic rings. The van der Waals surface area contributed by atoms with Gasteiger partial charge in [0.15, 0.2) is 11.5 Å². The summed E-state index contributed by atoms with van der Waals surface area (Å²) in [6, 6.07) is 12.2. The minimum atomic E-state index is -3.56. The molecule has 2 heterocycles. The summed E-state index contributed by atoms with van der Waals surface area (Å²) in [5, 5.41) is 2.77. The normalized spacial score (nSPS) is 16.7. The Morgan fingerprint density at radius 2 is 1.80 bits per heavy atom. The van der Waals surface area contributed by atoms with Gasteiger partial charge >= 0.3 is 0 Å². The molecule has 4 rings (SSSR count). The molecule has 2 aliphatic heterocycles. The van der Waals surface area contributed by atoms with Gasteiger partial charge in [0, 0.05) is 25.7 Å². The highest BCUT2D eigenvalue weighted by atomic mass is 32.2. The number of piperidine rings is 1. The number of rotatable bonds is 6. The van der Waals surface area contributed by atoms with E-state index in [1.165, 1.54) is 10.4 Å². The van der Waals surface area contributed by atoms with Crippen LogP contribution in [-0.4, -0.2) is 38.5 Å². The van der Waals surface area contributed by atoms with Crippen LogP contribution in [0.15, 0.2) is 53.4 Å². The molecular weight excluding hydrogens is 404 g/mol. The predicted octanol–water partition coefficient (Wildman–Crippen LogP) is 2.92. The van der Waals surface area contributed by atoms with Crippen molar-refractivity contribution < 1.29 is 22.7 Å². The third-order valence-corrected chi connectivity index (χ3v) is 7.18. The van der Waals surface area contributed by atoms with Gasteiger partial charge in [-0.15, -0.1) is 0 Å². The maximum Gasteiger partial charge on any atom is 0.244 e. The SMILES string of the molecule is O=C(C=Cc1ccc2c(c1)OCO2)NCc1ccccc1S(=O)(=O)N1CCCCC1. The predicted molar refractivity (Wildman–Crippen MR) is 112 cm³/mol. The second-order valence-electron chi connectivity index (χ2n) is 7.24. The van der Waals surface area contributed by atoms with Crippen LogP contribution in [0.2, 0.25) is 0 Å². The highest BCUT2D eigenvalue weighted by Crippen LogP contribution is 2.32. The van der Waals surface area contributed by atoms with Crippen molar-refractivity contribution in [3.8, 4) is 11.5 Å². The largest absolute Gasteiger partial charge is 0.454 e. The number of benzene rings is 2. The molecule has 0 aliphatic carbocycles. The van der Waals surface area contributed by atoms with E-state index in [9.17, 15) is 13.2 Å².